The van der Waals surface area contributed by atoms with E-state index in [-0.39, 0.29) is 6.04 Å². The van der Waals surface area contributed by atoms with Gasteiger partial charge in [0.25, 0.3) is 0 Å². The van der Waals surface area contributed by atoms with Crippen LogP contribution in [0.1, 0.15) is 29.1 Å². The van der Waals surface area contributed by atoms with E-state index >= 15 is 0 Å². The van der Waals surface area contributed by atoms with E-state index < -0.39 is 6.55 Å². The smallest absolute Gasteiger partial charge is 0.307 e. The molecule has 2 aromatic heterocycles. The maximum Gasteiger partial charge on any atom is 0.319 e. The molecule has 0 radical (unpaired) electrons. The highest BCUT2D eigenvalue weighted by molar-refractivity contribution is 7.11. The molecule has 0 aliphatic rings. The lowest BCUT2D eigenvalue weighted by Crippen LogP contribution is -2.28. The molecule has 1 N–H and O–H groups in total. The van der Waals surface area contributed by atoms with Gasteiger partial charge in [-0.05, 0) is 32.4 Å². The first-order valence-corrected chi connectivity index (χ1v) is 6.96. The van der Waals surface area contributed by atoms with E-state index in [9.17, 15) is 8.78 Å². The van der Waals surface area contributed by atoms with E-state index in [0.717, 1.165) is 11.0 Å². The first kappa shape index (κ1) is 14.1. The van der Waals surface area contributed by atoms with Crippen LogP contribution >= 0.6 is 11.3 Å². The summed E-state index contributed by atoms with van der Waals surface area (Å²) in [6.07, 6.45) is 3.60. The third-order valence-electron chi connectivity index (χ3n) is 2.87. The number of rotatable bonds is 6. The standard InChI is InChI=1S/C13H17F2N3S/c1-9(7-11-4-3-10(2)19-11)17-8-12-16-5-6-18(12)13(14)15/h3-6,9,13,17H,7-8H2,1-2H3. The zero-order valence-corrected chi connectivity index (χ0v) is 11.8. The van der Waals surface area contributed by atoms with Crippen LogP contribution in [-0.4, -0.2) is 15.6 Å². The number of hydrogen-bond donors (Lipinski definition) is 1. The van der Waals surface area contributed by atoms with Gasteiger partial charge < -0.3 is 5.32 Å². The minimum Gasteiger partial charge on any atom is -0.307 e. The summed E-state index contributed by atoms with van der Waals surface area (Å²) in [5, 5.41) is 3.23. The second kappa shape index (κ2) is 6.25. The molecule has 6 heteroatoms. The second-order valence-electron chi connectivity index (χ2n) is 4.53. The van der Waals surface area contributed by atoms with E-state index in [1.807, 2.05) is 6.92 Å². The molecule has 2 rings (SSSR count). The second-order valence-corrected chi connectivity index (χ2v) is 5.90. The van der Waals surface area contributed by atoms with Crippen LogP contribution in [0.3, 0.4) is 0 Å². The average Bonchev–Trinajstić information content (AvgIpc) is 2.95. The highest BCUT2D eigenvalue weighted by Crippen LogP contribution is 2.17. The van der Waals surface area contributed by atoms with Gasteiger partial charge in [-0.25, -0.2) is 4.98 Å². The fourth-order valence-electron chi connectivity index (χ4n) is 1.89. The van der Waals surface area contributed by atoms with Gasteiger partial charge >= 0.3 is 6.55 Å². The van der Waals surface area contributed by atoms with Crippen LogP contribution in [0.25, 0.3) is 0 Å². The van der Waals surface area contributed by atoms with E-state index in [4.69, 9.17) is 0 Å². The molecular formula is C13H17F2N3S. The molecule has 1 unspecified atom stereocenters. The molecule has 0 aromatic carbocycles. The van der Waals surface area contributed by atoms with Crippen molar-refractivity contribution in [3.63, 3.8) is 0 Å². The molecule has 2 aromatic rings. The first-order valence-electron chi connectivity index (χ1n) is 6.15. The van der Waals surface area contributed by atoms with Gasteiger partial charge in [0.05, 0.1) is 6.54 Å². The fourth-order valence-corrected chi connectivity index (χ4v) is 2.91. The minimum atomic E-state index is -2.53. The molecule has 0 fully saturated rings. The van der Waals surface area contributed by atoms with E-state index in [2.05, 4.69) is 29.4 Å². The molecule has 3 nitrogen and oxygen atoms in total. The zero-order chi connectivity index (χ0) is 13.8. The molecule has 2 heterocycles. The molecule has 19 heavy (non-hydrogen) atoms. The van der Waals surface area contributed by atoms with Gasteiger partial charge in [-0.2, -0.15) is 8.78 Å². The Hall–Kier alpha value is -1.27. The predicted octanol–water partition coefficient (Wildman–Crippen LogP) is 3.37. The Morgan fingerprint density at radius 3 is 2.84 bits per heavy atom. The van der Waals surface area contributed by atoms with Crippen molar-refractivity contribution in [3.8, 4) is 0 Å². The number of aryl methyl sites for hydroxylation is 1. The molecular weight excluding hydrogens is 268 g/mol. The summed E-state index contributed by atoms with van der Waals surface area (Å²) in [7, 11) is 0. The van der Waals surface area contributed by atoms with Gasteiger partial charge in [0.15, 0.2) is 0 Å². The highest BCUT2D eigenvalue weighted by Gasteiger charge is 2.12. The van der Waals surface area contributed by atoms with Gasteiger partial charge in [0, 0.05) is 28.2 Å². The fraction of sp³-hybridized carbons (Fsp3) is 0.462. The maximum absolute atomic E-state index is 12.6. The summed E-state index contributed by atoms with van der Waals surface area (Å²) in [4.78, 5) is 6.53. The Morgan fingerprint density at radius 1 is 1.42 bits per heavy atom. The Bertz CT molecular complexity index is 521. The number of thiophene rings is 1. The Kier molecular flexibility index (Phi) is 4.66. The van der Waals surface area contributed by atoms with Crippen molar-refractivity contribution in [1.29, 1.82) is 0 Å². The van der Waals surface area contributed by atoms with E-state index in [1.165, 1.54) is 22.1 Å². The molecule has 0 saturated heterocycles. The lowest BCUT2D eigenvalue weighted by atomic mass is 10.2. The molecule has 0 aliphatic heterocycles. The molecule has 0 aliphatic carbocycles. The predicted molar refractivity (Wildman–Crippen MR) is 72.5 cm³/mol. The summed E-state index contributed by atoms with van der Waals surface area (Å²) >= 11 is 1.77. The number of nitrogens with one attached hydrogen (secondary N) is 1. The first-order chi connectivity index (χ1) is 9.06. The van der Waals surface area contributed by atoms with Gasteiger partial charge in [-0.3, -0.25) is 4.57 Å². The quantitative estimate of drug-likeness (QED) is 0.882. The molecule has 0 amide bonds. The topological polar surface area (TPSA) is 29.9 Å². The molecule has 0 spiro atoms. The molecule has 104 valence electrons. The summed E-state index contributed by atoms with van der Waals surface area (Å²) in [5.74, 6) is 0.365. The van der Waals surface area contributed by atoms with Crippen LogP contribution in [-0.2, 0) is 13.0 Å². The number of imidazole rings is 1. The molecule has 0 bridgehead atoms. The van der Waals surface area contributed by atoms with Crippen LogP contribution in [0.4, 0.5) is 8.78 Å². The summed E-state index contributed by atoms with van der Waals surface area (Å²) in [6.45, 7) is 1.94. The van der Waals surface area contributed by atoms with Gasteiger partial charge in [-0.15, -0.1) is 11.3 Å². The van der Waals surface area contributed by atoms with Crippen LogP contribution in [0.2, 0.25) is 0 Å². The number of alkyl halides is 2. The SMILES string of the molecule is Cc1ccc(CC(C)NCc2nccn2C(F)F)s1. The number of hydrogen-bond acceptors (Lipinski definition) is 3. The summed E-state index contributed by atoms with van der Waals surface area (Å²) in [6, 6.07) is 4.43. The average molecular weight is 285 g/mol. The monoisotopic (exact) mass is 285 g/mol. The largest absolute Gasteiger partial charge is 0.319 e. The van der Waals surface area contributed by atoms with Crippen molar-refractivity contribution in [1.82, 2.24) is 14.9 Å². The third-order valence-corrected chi connectivity index (χ3v) is 3.89. The normalized spacial score (nSPS) is 13.1. The molecule has 0 saturated carbocycles. The Labute approximate surface area is 115 Å². The lowest BCUT2D eigenvalue weighted by Gasteiger charge is -2.13. The van der Waals surface area contributed by atoms with Crippen molar-refractivity contribution in [3.05, 3.63) is 40.1 Å². The Balaban J connectivity index is 1.86. The van der Waals surface area contributed by atoms with Crippen LogP contribution in [0.15, 0.2) is 24.5 Å². The lowest BCUT2D eigenvalue weighted by molar-refractivity contribution is 0.0665. The van der Waals surface area contributed by atoms with Crippen molar-refractivity contribution >= 4 is 11.3 Å². The minimum absolute atomic E-state index is 0.223. The zero-order valence-electron chi connectivity index (χ0n) is 10.9. The third kappa shape index (κ3) is 3.84. The Morgan fingerprint density at radius 2 is 2.21 bits per heavy atom. The van der Waals surface area contributed by atoms with Crippen molar-refractivity contribution in [2.75, 3.05) is 0 Å². The van der Waals surface area contributed by atoms with Crippen LogP contribution in [0.5, 0.6) is 0 Å². The van der Waals surface area contributed by atoms with Gasteiger partial charge in [0.1, 0.15) is 5.82 Å². The van der Waals surface area contributed by atoms with E-state index in [1.54, 1.807) is 11.3 Å². The van der Waals surface area contributed by atoms with Gasteiger partial charge in [-0.1, -0.05) is 0 Å². The van der Waals surface area contributed by atoms with Crippen LogP contribution < -0.4 is 5.32 Å². The van der Waals surface area contributed by atoms with Crippen molar-refractivity contribution in [2.24, 2.45) is 0 Å². The van der Waals surface area contributed by atoms with Gasteiger partial charge in [0.2, 0.25) is 0 Å². The number of nitrogens with zero attached hydrogens (tertiary/aromatic N) is 2. The van der Waals surface area contributed by atoms with Crippen molar-refractivity contribution in [2.45, 2.75) is 39.4 Å². The maximum atomic E-state index is 12.6. The number of aromatic nitrogens is 2. The number of halogens is 2. The van der Waals surface area contributed by atoms with Crippen molar-refractivity contribution < 1.29 is 8.78 Å². The summed E-state index contributed by atoms with van der Waals surface area (Å²) in [5.41, 5.74) is 0. The van der Waals surface area contributed by atoms with E-state index in [0.29, 0.717) is 12.4 Å². The summed E-state index contributed by atoms with van der Waals surface area (Å²) < 4.78 is 26.1. The molecule has 1 atom stereocenters. The highest BCUT2D eigenvalue weighted by atomic mass is 32.1. The van der Waals surface area contributed by atoms with Crippen LogP contribution in [0, 0.1) is 6.92 Å².